The Hall–Kier alpha value is -1.17. The van der Waals surface area contributed by atoms with Gasteiger partial charge in [-0.3, -0.25) is 4.79 Å². The molecule has 1 aromatic carbocycles. The normalized spacial score (nSPS) is 27.7. The highest BCUT2D eigenvalue weighted by Gasteiger charge is 2.37. The number of fused-ring (bicyclic) bond motifs is 2. The summed E-state index contributed by atoms with van der Waals surface area (Å²) in [6.07, 6.45) is 4.71. The molecular weight excluding hydrogens is 313 g/mol. The van der Waals surface area contributed by atoms with Gasteiger partial charge in [-0.05, 0) is 37.8 Å². The van der Waals surface area contributed by atoms with E-state index in [0.717, 1.165) is 18.9 Å². The molecule has 0 N–H and O–H groups in total. The summed E-state index contributed by atoms with van der Waals surface area (Å²) in [5.41, 5.74) is -0.322. The topological polar surface area (TPSA) is 26.3 Å². The van der Waals surface area contributed by atoms with Crippen molar-refractivity contribution in [2.75, 3.05) is 0 Å². The number of carbonyl (C=O) groups excluding carboxylic acids is 1. The molecule has 2 aliphatic heterocycles. The smallest absolute Gasteiger partial charge is 0.387 e. The first-order valence-corrected chi connectivity index (χ1v) is 8.42. The van der Waals surface area contributed by atoms with Gasteiger partial charge in [-0.25, -0.2) is 4.39 Å². The summed E-state index contributed by atoms with van der Waals surface area (Å²) >= 11 is 1.91. The third-order valence-corrected chi connectivity index (χ3v) is 5.97. The minimum atomic E-state index is -3.07. The second-order valence-corrected chi connectivity index (χ2v) is 7.44. The van der Waals surface area contributed by atoms with E-state index < -0.39 is 18.2 Å². The van der Waals surface area contributed by atoms with Gasteiger partial charge in [0.2, 0.25) is 0 Å². The van der Waals surface area contributed by atoms with Gasteiger partial charge < -0.3 is 4.74 Å². The summed E-state index contributed by atoms with van der Waals surface area (Å²) in [5.74, 6) is -1.84. The first-order valence-electron chi connectivity index (χ1n) is 7.47. The van der Waals surface area contributed by atoms with E-state index in [4.69, 9.17) is 0 Å². The van der Waals surface area contributed by atoms with Crippen LogP contribution in [0, 0.1) is 11.7 Å². The first-order chi connectivity index (χ1) is 10.5. The number of Topliss-reactive ketones (excluding diaryl/α,β-unsaturated/α-hetero) is 1. The molecule has 120 valence electrons. The van der Waals surface area contributed by atoms with Crippen molar-refractivity contribution >= 4 is 17.5 Å². The molecule has 2 heterocycles. The molecule has 0 aromatic heterocycles. The largest absolute Gasteiger partial charge is 0.434 e. The van der Waals surface area contributed by atoms with Crippen molar-refractivity contribution in [3.8, 4) is 5.75 Å². The maximum Gasteiger partial charge on any atom is 0.387 e. The summed E-state index contributed by atoms with van der Waals surface area (Å²) in [5, 5.41) is 0.848. The number of hydrogen-bond acceptors (Lipinski definition) is 3. The molecule has 2 bridgehead atoms. The molecule has 2 atom stereocenters. The Kier molecular flexibility index (Phi) is 4.66. The number of alkyl halides is 2. The van der Waals surface area contributed by atoms with Gasteiger partial charge in [-0.15, -0.1) is 0 Å². The number of ether oxygens (including phenoxy) is 1. The third-order valence-electron chi connectivity index (χ3n) is 4.34. The predicted octanol–water partition coefficient (Wildman–Crippen LogP) is 4.67. The summed E-state index contributed by atoms with van der Waals surface area (Å²) < 4.78 is 43.3. The van der Waals surface area contributed by atoms with Crippen molar-refractivity contribution in [2.24, 2.45) is 5.92 Å². The number of rotatable bonds is 4. The van der Waals surface area contributed by atoms with E-state index in [9.17, 15) is 18.0 Å². The van der Waals surface area contributed by atoms with Crippen LogP contribution in [0.5, 0.6) is 5.75 Å². The lowest BCUT2D eigenvalue weighted by Gasteiger charge is -2.38. The van der Waals surface area contributed by atoms with Gasteiger partial charge in [-0.2, -0.15) is 20.5 Å². The van der Waals surface area contributed by atoms with E-state index in [-0.39, 0.29) is 17.2 Å². The molecule has 0 spiro atoms. The van der Waals surface area contributed by atoms with Crippen molar-refractivity contribution in [3.05, 3.63) is 29.6 Å². The average molecular weight is 330 g/mol. The molecule has 0 amide bonds. The number of benzene rings is 1. The van der Waals surface area contributed by atoms with E-state index in [1.807, 2.05) is 11.8 Å². The van der Waals surface area contributed by atoms with Crippen LogP contribution < -0.4 is 4.74 Å². The van der Waals surface area contributed by atoms with Crippen LogP contribution in [0.15, 0.2) is 18.2 Å². The molecule has 3 rings (SSSR count). The molecule has 0 radical (unpaired) electrons. The SMILES string of the molecule is O=C(c1c(F)cccc1OC(F)F)C1CC2CCCC(C1)S2. The van der Waals surface area contributed by atoms with E-state index in [1.165, 1.54) is 18.6 Å². The highest BCUT2D eigenvalue weighted by atomic mass is 32.2. The lowest BCUT2D eigenvalue weighted by atomic mass is 9.84. The zero-order valence-electron chi connectivity index (χ0n) is 11.9. The maximum atomic E-state index is 14.0. The zero-order chi connectivity index (χ0) is 15.7. The molecule has 2 saturated heterocycles. The van der Waals surface area contributed by atoms with Gasteiger partial charge in [0, 0.05) is 16.4 Å². The Labute approximate surface area is 131 Å². The molecule has 0 aliphatic carbocycles. The van der Waals surface area contributed by atoms with Gasteiger partial charge in [0.05, 0.1) is 5.56 Å². The van der Waals surface area contributed by atoms with Crippen molar-refractivity contribution in [3.63, 3.8) is 0 Å². The van der Waals surface area contributed by atoms with Gasteiger partial charge in [0.1, 0.15) is 11.6 Å². The lowest BCUT2D eigenvalue weighted by molar-refractivity contribution is -0.0503. The minimum absolute atomic E-state index is 0.298. The van der Waals surface area contributed by atoms with Crippen LogP contribution in [0.2, 0.25) is 0 Å². The summed E-state index contributed by atoms with van der Waals surface area (Å²) in [4.78, 5) is 12.7. The molecule has 1 aromatic rings. The lowest BCUT2D eigenvalue weighted by Crippen LogP contribution is -2.33. The van der Waals surface area contributed by atoms with Gasteiger partial charge in [-0.1, -0.05) is 12.5 Å². The molecule has 2 unspecified atom stereocenters. The highest BCUT2D eigenvalue weighted by molar-refractivity contribution is 8.00. The Bertz CT molecular complexity index is 552. The van der Waals surface area contributed by atoms with Crippen molar-refractivity contribution < 1.29 is 22.7 Å². The Morgan fingerprint density at radius 3 is 2.55 bits per heavy atom. The molecule has 22 heavy (non-hydrogen) atoms. The van der Waals surface area contributed by atoms with Crippen LogP contribution in [0.3, 0.4) is 0 Å². The Morgan fingerprint density at radius 1 is 1.23 bits per heavy atom. The number of thioether (sulfide) groups is 1. The first kappa shape index (κ1) is 15.7. The Morgan fingerprint density at radius 2 is 1.91 bits per heavy atom. The molecule has 0 saturated carbocycles. The van der Waals surface area contributed by atoms with Crippen molar-refractivity contribution in [1.29, 1.82) is 0 Å². The quantitative estimate of drug-likeness (QED) is 0.750. The van der Waals surface area contributed by atoms with E-state index in [1.54, 1.807) is 0 Å². The molecular formula is C16H17F3O2S. The van der Waals surface area contributed by atoms with Crippen molar-refractivity contribution in [2.45, 2.75) is 49.2 Å². The minimum Gasteiger partial charge on any atom is -0.434 e. The summed E-state index contributed by atoms with van der Waals surface area (Å²) in [6.45, 7) is -3.07. The van der Waals surface area contributed by atoms with Crippen LogP contribution in [0.1, 0.15) is 42.5 Å². The third kappa shape index (κ3) is 3.26. The molecule has 6 heteroatoms. The van der Waals surface area contributed by atoms with E-state index in [0.29, 0.717) is 23.3 Å². The van der Waals surface area contributed by atoms with Crippen LogP contribution >= 0.6 is 11.8 Å². The fourth-order valence-electron chi connectivity index (χ4n) is 3.42. The Balaban J connectivity index is 1.85. The fraction of sp³-hybridized carbons (Fsp3) is 0.562. The summed E-state index contributed by atoms with van der Waals surface area (Å²) in [6, 6.07) is 3.61. The predicted molar refractivity (Wildman–Crippen MR) is 79.1 cm³/mol. The van der Waals surface area contributed by atoms with Gasteiger partial charge in [0.25, 0.3) is 0 Å². The van der Waals surface area contributed by atoms with Crippen molar-refractivity contribution in [1.82, 2.24) is 0 Å². The number of halogens is 3. The standard InChI is InChI=1S/C16H17F3O2S/c17-12-5-2-6-13(21-16(18)19)14(12)15(20)9-7-10-3-1-4-11(8-9)22-10/h2,5-6,9-11,16H,1,3-4,7-8H2. The van der Waals surface area contributed by atoms with Crippen LogP contribution in [-0.2, 0) is 0 Å². The summed E-state index contributed by atoms with van der Waals surface area (Å²) in [7, 11) is 0. The number of carbonyl (C=O) groups is 1. The fourth-order valence-corrected chi connectivity index (χ4v) is 5.25. The molecule has 2 nitrogen and oxygen atoms in total. The number of hydrogen-bond donors (Lipinski definition) is 0. The highest BCUT2D eigenvalue weighted by Crippen LogP contribution is 2.45. The second-order valence-electron chi connectivity index (χ2n) is 5.84. The molecule has 2 fully saturated rings. The second kappa shape index (κ2) is 6.52. The zero-order valence-corrected chi connectivity index (χ0v) is 12.8. The monoisotopic (exact) mass is 330 g/mol. The average Bonchev–Trinajstić information content (AvgIpc) is 2.46. The molecule has 2 aliphatic rings. The van der Waals surface area contributed by atoms with Crippen LogP contribution in [-0.4, -0.2) is 22.9 Å². The van der Waals surface area contributed by atoms with Crippen LogP contribution in [0.25, 0.3) is 0 Å². The van der Waals surface area contributed by atoms with E-state index >= 15 is 0 Å². The van der Waals surface area contributed by atoms with Gasteiger partial charge >= 0.3 is 6.61 Å². The number of ketones is 1. The van der Waals surface area contributed by atoms with Gasteiger partial charge in [0.15, 0.2) is 5.78 Å². The van der Waals surface area contributed by atoms with E-state index in [2.05, 4.69) is 4.74 Å². The van der Waals surface area contributed by atoms with Crippen LogP contribution in [0.4, 0.5) is 13.2 Å². The maximum absolute atomic E-state index is 14.0.